The van der Waals surface area contributed by atoms with E-state index >= 15 is 0 Å². The minimum absolute atomic E-state index is 0.000645. The third-order valence-corrected chi connectivity index (χ3v) is 7.90. The Kier molecular flexibility index (Phi) is 7.40. The molecule has 40 heavy (non-hydrogen) atoms. The van der Waals surface area contributed by atoms with Crippen LogP contribution in [0.5, 0.6) is 5.75 Å². The van der Waals surface area contributed by atoms with Gasteiger partial charge in [-0.25, -0.2) is 0 Å². The molecule has 2 aromatic heterocycles. The Morgan fingerprint density at radius 1 is 0.900 bits per heavy atom. The van der Waals surface area contributed by atoms with E-state index in [9.17, 15) is 9.59 Å². The van der Waals surface area contributed by atoms with Gasteiger partial charge in [-0.1, -0.05) is 17.7 Å². The standard InChI is InChI=1S/C32H34N4O4/c1-22-2-4-26(5-3-22)35-18-12-27(13-19-35)39-28-6-7-29-24(20-28)21-30(40-29)31(37)34-25-10-16-36(17-11-25)32(38)23-8-14-33-15-9-23/h2-9,14-15,20-21,25,27H,10-13,16-19H2,1H3,(H,34,37). The van der Waals surface area contributed by atoms with Gasteiger partial charge in [-0.15, -0.1) is 0 Å². The average Bonchev–Trinajstić information content (AvgIpc) is 3.42. The topological polar surface area (TPSA) is 87.9 Å². The summed E-state index contributed by atoms with van der Waals surface area (Å²) in [5.41, 5.74) is 3.83. The number of hydrogen-bond acceptors (Lipinski definition) is 6. The molecule has 2 aromatic carbocycles. The van der Waals surface area contributed by atoms with Gasteiger partial charge >= 0.3 is 0 Å². The molecule has 0 bridgehead atoms. The molecule has 2 amide bonds. The number of aromatic nitrogens is 1. The van der Waals surface area contributed by atoms with Crippen LogP contribution in [0.15, 0.2) is 77.5 Å². The first-order valence-corrected chi connectivity index (χ1v) is 14.0. The van der Waals surface area contributed by atoms with Crippen molar-refractivity contribution in [3.8, 4) is 5.75 Å². The van der Waals surface area contributed by atoms with E-state index in [1.165, 1.54) is 11.3 Å². The molecule has 0 radical (unpaired) electrons. The van der Waals surface area contributed by atoms with E-state index in [0.717, 1.165) is 37.1 Å². The molecule has 0 saturated carbocycles. The smallest absolute Gasteiger partial charge is 0.287 e. The minimum Gasteiger partial charge on any atom is -0.490 e. The normalized spacial score (nSPS) is 16.7. The van der Waals surface area contributed by atoms with Crippen molar-refractivity contribution in [2.45, 2.75) is 44.8 Å². The molecule has 0 spiro atoms. The highest BCUT2D eigenvalue weighted by molar-refractivity contribution is 5.96. The largest absolute Gasteiger partial charge is 0.490 e. The first-order chi connectivity index (χ1) is 19.5. The maximum atomic E-state index is 13.0. The highest BCUT2D eigenvalue weighted by Crippen LogP contribution is 2.28. The molecule has 0 aliphatic carbocycles. The average molecular weight is 539 g/mol. The summed E-state index contributed by atoms with van der Waals surface area (Å²) in [5, 5.41) is 3.92. The predicted octanol–water partition coefficient (Wildman–Crippen LogP) is 5.22. The number of rotatable bonds is 6. The molecular formula is C32H34N4O4. The van der Waals surface area contributed by atoms with Crippen LogP contribution in [0, 0.1) is 6.92 Å². The number of fused-ring (bicyclic) bond motifs is 1. The number of likely N-dealkylation sites (tertiary alicyclic amines) is 1. The second-order valence-electron chi connectivity index (χ2n) is 10.7. The Balaban J connectivity index is 1.01. The van der Waals surface area contributed by atoms with E-state index < -0.39 is 0 Å². The summed E-state index contributed by atoms with van der Waals surface area (Å²) in [6.45, 7) is 5.22. The van der Waals surface area contributed by atoms with Gasteiger partial charge < -0.3 is 24.3 Å². The lowest BCUT2D eigenvalue weighted by atomic mass is 10.0. The number of furan rings is 1. The van der Waals surface area contributed by atoms with Crippen LogP contribution in [0.25, 0.3) is 11.0 Å². The fraction of sp³-hybridized carbons (Fsp3) is 0.344. The second-order valence-corrected chi connectivity index (χ2v) is 10.7. The number of pyridine rings is 1. The van der Waals surface area contributed by atoms with Crippen molar-refractivity contribution >= 4 is 28.5 Å². The summed E-state index contributed by atoms with van der Waals surface area (Å²) < 4.78 is 12.2. The zero-order valence-electron chi connectivity index (χ0n) is 22.7. The Morgan fingerprint density at radius 3 is 2.35 bits per heavy atom. The molecule has 206 valence electrons. The Morgan fingerprint density at radius 2 is 1.62 bits per heavy atom. The summed E-state index contributed by atoms with van der Waals surface area (Å²) in [6, 6.07) is 19.6. The highest BCUT2D eigenvalue weighted by Gasteiger charge is 2.26. The molecule has 0 unspecified atom stereocenters. The number of anilines is 1. The SMILES string of the molecule is Cc1ccc(N2CCC(Oc3ccc4oc(C(=O)NC5CCN(C(=O)c6ccncc6)CC5)cc4c3)CC2)cc1. The number of piperidine rings is 2. The summed E-state index contributed by atoms with van der Waals surface area (Å²) in [6.07, 6.45) is 6.71. The van der Waals surface area contributed by atoms with E-state index in [1.807, 2.05) is 23.1 Å². The highest BCUT2D eigenvalue weighted by atomic mass is 16.5. The molecule has 8 heteroatoms. The van der Waals surface area contributed by atoms with Gasteiger partial charge in [0.25, 0.3) is 11.8 Å². The van der Waals surface area contributed by atoms with Crippen LogP contribution in [-0.2, 0) is 0 Å². The van der Waals surface area contributed by atoms with Crippen LogP contribution in [0.1, 0.15) is 52.2 Å². The molecule has 2 fully saturated rings. The fourth-order valence-corrected chi connectivity index (χ4v) is 5.55. The van der Waals surface area contributed by atoms with Crippen molar-refractivity contribution in [3.05, 3.63) is 89.9 Å². The lowest BCUT2D eigenvalue weighted by Gasteiger charge is -2.33. The Labute approximate surface area is 233 Å². The molecule has 2 aliphatic rings. The monoisotopic (exact) mass is 538 g/mol. The number of amides is 2. The van der Waals surface area contributed by atoms with Crippen LogP contribution in [0.4, 0.5) is 5.69 Å². The Hall–Kier alpha value is -4.33. The summed E-state index contributed by atoms with van der Waals surface area (Å²) >= 11 is 0. The number of benzene rings is 2. The van der Waals surface area contributed by atoms with Crippen molar-refractivity contribution in [2.75, 3.05) is 31.1 Å². The zero-order valence-corrected chi connectivity index (χ0v) is 22.7. The number of carbonyl (C=O) groups excluding carboxylic acids is 2. The summed E-state index contributed by atoms with van der Waals surface area (Å²) in [7, 11) is 0. The van der Waals surface area contributed by atoms with Crippen LogP contribution in [-0.4, -0.2) is 60.0 Å². The number of nitrogens with zero attached hydrogens (tertiary/aromatic N) is 3. The van der Waals surface area contributed by atoms with Crippen molar-refractivity contribution in [1.29, 1.82) is 0 Å². The van der Waals surface area contributed by atoms with Crippen molar-refractivity contribution < 1.29 is 18.7 Å². The number of aryl methyl sites for hydroxylation is 1. The quantitative estimate of drug-likeness (QED) is 0.362. The van der Waals surface area contributed by atoms with Gasteiger partial charge in [0.05, 0.1) is 0 Å². The number of carbonyl (C=O) groups is 2. The first-order valence-electron chi connectivity index (χ1n) is 14.0. The van der Waals surface area contributed by atoms with E-state index in [0.29, 0.717) is 37.1 Å². The number of nitrogens with one attached hydrogen (secondary N) is 1. The van der Waals surface area contributed by atoms with Crippen LogP contribution in [0.3, 0.4) is 0 Å². The Bertz CT molecular complexity index is 1470. The van der Waals surface area contributed by atoms with E-state index in [-0.39, 0.29) is 29.7 Å². The maximum Gasteiger partial charge on any atom is 0.287 e. The van der Waals surface area contributed by atoms with Gasteiger partial charge in [-0.2, -0.15) is 0 Å². The third kappa shape index (κ3) is 5.81. The lowest BCUT2D eigenvalue weighted by molar-refractivity contribution is 0.0695. The predicted molar refractivity (Wildman–Crippen MR) is 154 cm³/mol. The van der Waals surface area contributed by atoms with Gasteiger partial charge in [0.15, 0.2) is 5.76 Å². The summed E-state index contributed by atoms with van der Waals surface area (Å²) in [4.78, 5) is 33.8. The van der Waals surface area contributed by atoms with Gasteiger partial charge in [0, 0.05) is 74.1 Å². The molecule has 2 aliphatic heterocycles. The molecule has 6 rings (SSSR count). The molecule has 2 saturated heterocycles. The summed E-state index contributed by atoms with van der Waals surface area (Å²) in [5.74, 6) is 0.842. The first kappa shape index (κ1) is 25.9. The van der Waals surface area contributed by atoms with Gasteiger partial charge in [0.1, 0.15) is 17.4 Å². The molecule has 8 nitrogen and oxygen atoms in total. The van der Waals surface area contributed by atoms with E-state index in [1.54, 1.807) is 30.6 Å². The zero-order chi connectivity index (χ0) is 27.5. The lowest BCUT2D eigenvalue weighted by Crippen LogP contribution is -2.46. The van der Waals surface area contributed by atoms with Crippen molar-refractivity contribution in [2.24, 2.45) is 0 Å². The second kappa shape index (κ2) is 11.4. The number of ether oxygens (including phenoxy) is 1. The van der Waals surface area contributed by atoms with Crippen molar-refractivity contribution in [3.63, 3.8) is 0 Å². The molecule has 0 atom stereocenters. The van der Waals surface area contributed by atoms with Gasteiger partial charge in [0.2, 0.25) is 0 Å². The van der Waals surface area contributed by atoms with Crippen molar-refractivity contribution in [1.82, 2.24) is 15.2 Å². The van der Waals surface area contributed by atoms with Crippen LogP contribution >= 0.6 is 0 Å². The number of hydrogen-bond donors (Lipinski definition) is 1. The van der Waals surface area contributed by atoms with E-state index in [4.69, 9.17) is 9.15 Å². The van der Waals surface area contributed by atoms with Gasteiger partial charge in [-0.3, -0.25) is 14.6 Å². The van der Waals surface area contributed by atoms with Gasteiger partial charge in [-0.05, 0) is 68.3 Å². The molecule has 4 heterocycles. The fourth-order valence-electron chi connectivity index (χ4n) is 5.55. The molecule has 1 N–H and O–H groups in total. The molecular weight excluding hydrogens is 504 g/mol. The molecule has 4 aromatic rings. The maximum absolute atomic E-state index is 13.0. The van der Waals surface area contributed by atoms with Crippen LogP contribution in [0.2, 0.25) is 0 Å². The minimum atomic E-state index is -0.235. The van der Waals surface area contributed by atoms with E-state index in [2.05, 4.69) is 46.4 Å². The van der Waals surface area contributed by atoms with Crippen LogP contribution < -0.4 is 15.0 Å². The third-order valence-electron chi connectivity index (χ3n) is 7.90.